The highest BCUT2D eigenvalue weighted by Gasteiger charge is 2.17. The number of rotatable bonds is 52. The zero-order valence-electron chi connectivity index (χ0n) is 43.1. The van der Waals surface area contributed by atoms with E-state index in [-0.39, 0.29) is 25.2 Å². The second kappa shape index (κ2) is 55.2. The fraction of sp³-hybridized carbons (Fsp3) is 0.831. The van der Waals surface area contributed by atoms with Gasteiger partial charge in [-0.3, -0.25) is 9.59 Å². The maximum atomic E-state index is 12.8. The number of carbonyl (C=O) groups excluding carboxylic acids is 2. The van der Waals surface area contributed by atoms with Gasteiger partial charge >= 0.3 is 11.9 Å². The zero-order chi connectivity index (χ0) is 46.3. The molecule has 0 aliphatic rings. The molecule has 1 atom stereocenters. The van der Waals surface area contributed by atoms with Crippen molar-refractivity contribution in [3.05, 3.63) is 48.6 Å². The average molecular weight is 898 g/mol. The van der Waals surface area contributed by atoms with Crippen LogP contribution in [0.1, 0.15) is 290 Å². The fourth-order valence-corrected chi connectivity index (χ4v) is 8.21. The summed E-state index contributed by atoms with van der Waals surface area (Å²) in [7, 11) is 0. The van der Waals surface area contributed by atoms with E-state index in [4.69, 9.17) is 14.2 Å². The Morgan fingerprint density at radius 3 is 1.12 bits per heavy atom. The lowest BCUT2D eigenvalue weighted by Crippen LogP contribution is -2.30. The molecule has 0 bridgehead atoms. The predicted molar refractivity (Wildman–Crippen MR) is 279 cm³/mol. The van der Waals surface area contributed by atoms with Crippen molar-refractivity contribution in [2.75, 3.05) is 19.8 Å². The normalized spacial score (nSPS) is 12.5. The third-order valence-electron chi connectivity index (χ3n) is 12.4. The van der Waals surface area contributed by atoms with Gasteiger partial charge < -0.3 is 14.2 Å². The molecule has 0 saturated carbocycles. The van der Waals surface area contributed by atoms with Gasteiger partial charge in [-0.05, 0) is 57.8 Å². The van der Waals surface area contributed by atoms with Crippen LogP contribution in [0.15, 0.2) is 48.6 Å². The fourth-order valence-electron chi connectivity index (χ4n) is 8.21. The summed E-state index contributed by atoms with van der Waals surface area (Å²) < 4.78 is 17.5. The first-order valence-electron chi connectivity index (χ1n) is 28.2. The van der Waals surface area contributed by atoms with Crippen LogP contribution in [0.25, 0.3) is 0 Å². The molecule has 0 saturated heterocycles. The maximum Gasteiger partial charge on any atom is 0.306 e. The summed E-state index contributed by atoms with van der Waals surface area (Å²) in [6, 6.07) is 0. The number of carbonyl (C=O) groups is 2. The van der Waals surface area contributed by atoms with Crippen molar-refractivity contribution in [3.63, 3.8) is 0 Å². The summed E-state index contributed by atoms with van der Waals surface area (Å²) in [5, 5.41) is 0. The summed E-state index contributed by atoms with van der Waals surface area (Å²) in [6.45, 7) is 7.76. The van der Waals surface area contributed by atoms with Crippen LogP contribution in [0, 0.1) is 0 Å². The van der Waals surface area contributed by atoms with Crippen LogP contribution < -0.4 is 0 Å². The summed E-state index contributed by atoms with van der Waals surface area (Å²) in [5.41, 5.74) is 0. The summed E-state index contributed by atoms with van der Waals surface area (Å²) in [4.78, 5) is 25.5. The maximum absolute atomic E-state index is 12.8. The number of hydrogen-bond acceptors (Lipinski definition) is 5. The van der Waals surface area contributed by atoms with Gasteiger partial charge in [0.2, 0.25) is 0 Å². The van der Waals surface area contributed by atoms with Crippen molar-refractivity contribution in [2.24, 2.45) is 0 Å². The Morgan fingerprint density at radius 1 is 0.359 bits per heavy atom. The first kappa shape index (κ1) is 61.9. The molecule has 374 valence electrons. The van der Waals surface area contributed by atoms with Crippen molar-refractivity contribution in [3.8, 4) is 0 Å². The molecule has 0 N–H and O–H groups in total. The smallest absolute Gasteiger partial charge is 0.306 e. The summed E-state index contributed by atoms with van der Waals surface area (Å²) >= 11 is 0. The largest absolute Gasteiger partial charge is 0.462 e. The minimum atomic E-state index is -0.537. The molecule has 5 heteroatoms. The lowest BCUT2D eigenvalue weighted by Gasteiger charge is -2.18. The van der Waals surface area contributed by atoms with Crippen LogP contribution in [0.2, 0.25) is 0 Å². The molecule has 64 heavy (non-hydrogen) atoms. The third kappa shape index (κ3) is 52.5. The molecule has 0 aromatic heterocycles. The lowest BCUT2D eigenvalue weighted by molar-refractivity contribution is -0.163. The van der Waals surface area contributed by atoms with Gasteiger partial charge in [-0.2, -0.15) is 0 Å². The first-order valence-corrected chi connectivity index (χ1v) is 28.2. The SMILES string of the molecule is CC/C=C\C/C=C\C/C=C\C/C=C\CCCCCCCCC(=O)OCC(COCCCCCCCCCCCCCCCC)OC(=O)CCCCCCCCCCCCCCCCC. The van der Waals surface area contributed by atoms with E-state index >= 15 is 0 Å². The van der Waals surface area contributed by atoms with Gasteiger partial charge in [0.25, 0.3) is 0 Å². The van der Waals surface area contributed by atoms with Crippen LogP contribution >= 0.6 is 0 Å². The Balaban J connectivity index is 4.25. The van der Waals surface area contributed by atoms with E-state index in [9.17, 15) is 9.59 Å². The van der Waals surface area contributed by atoms with E-state index in [0.29, 0.717) is 19.4 Å². The van der Waals surface area contributed by atoms with Crippen LogP contribution in [0.5, 0.6) is 0 Å². The molecule has 0 aliphatic carbocycles. The monoisotopic (exact) mass is 897 g/mol. The molecule has 0 aromatic rings. The third-order valence-corrected chi connectivity index (χ3v) is 12.4. The Bertz CT molecular complexity index is 1060. The second-order valence-corrected chi connectivity index (χ2v) is 18.8. The number of unbranched alkanes of at least 4 members (excludes halogenated alkanes) is 33. The number of esters is 2. The predicted octanol–water partition coefficient (Wildman–Crippen LogP) is 19.1. The molecule has 0 aliphatic heterocycles. The Labute approximate surface area is 399 Å². The van der Waals surface area contributed by atoms with Crippen LogP contribution in [-0.4, -0.2) is 37.9 Å². The quantitative estimate of drug-likeness (QED) is 0.0346. The molecule has 0 rings (SSSR count). The highest BCUT2D eigenvalue weighted by molar-refractivity contribution is 5.70. The van der Waals surface area contributed by atoms with Gasteiger partial charge in [-0.25, -0.2) is 0 Å². The average Bonchev–Trinajstić information content (AvgIpc) is 3.30. The van der Waals surface area contributed by atoms with Gasteiger partial charge in [-0.1, -0.05) is 268 Å². The minimum Gasteiger partial charge on any atom is -0.462 e. The van der Waals surface area contributed by atoms with E-state index < -0.39 is 6.10 Å². The molecule has 5 nitrogen and oxygen atoms in total. The lowest BCUT2D eigenvalue weighted by atomic mass is 10.0. The highest BCUT2D eigenvalue weighted by Crippen LogP contribution is 2.16. The van der Waals surface area contributed by atoms with E-state index in [0.717, 1.165) is 70.6 Å². The number of hydrogen-bond donors (Lipinski definition) is 0. The van der Waals surface area contributed by atoms with Crippen molar-refractivity contribution < 1.29 is 23.8 Å². The summed E-state index contributed by atoms with van der Waals surface area (Å²) in [6.07, 6.45) is 68.4. The molecule has 1 unspecified atom stereocenters. The van der Waals surface area contributed by atoms with Crippen molar-refractivity contribution in [1.29, 1.82) is 0 Å². The van der Waals surface area contributed by atoms with Crippen molar-refractivity contribution in [2.45, 2.75) is 297 Å². The molecular weight excluding hydrogens is 789 g/mol. The van der Waals surface area contributed by atoms with Gasteiger partial charge in [0.15, 0.2) is 6.10 Å². The standard InChI is InChI=1S/C59H108O5/c1-4-7-10-13-16-19-22-25-28-29-30-31-33-34-37-40-43-46-49-52-58(60)63-56-57(55-62-54-51-48-45-42-39-36-27-24-21-18-15-12-9-6-3)64-59(61)53-50-47-44-41-38-35-32-26-23-20-17-14-11-8-5-2/h7,10,16,19,25,28,30-31,57H,4-6,8-9,11-15,17-18,20-24,26-27,29,32-56H2,1-3H3/b10-7-,19-16-,28-25-,31-30-. The van der Waals surface area contributed by atoms with Crippen molar-refractivity contribution >= 4 is 11.9 Å². The van der Waals surface area contributed by atoms with Gasteiger partial charge in [0.1, 0.15) is 6.61 Å². The van der Waals surface area contributed by atoms with E-state index in [1.165, 1.54) is 186 Å². The minimum absolute atomic E-state index is 0.0828. The van der Waals surface area contributed by atoms with Crippen LogP contribution in [0.3, 0.4) is 0 Å². The molecule has 0 heterocycles. The highest BCUT2D eigenvalue weighted by atomic mass is 16.6. The number of ether oxygens (including phenoxy) is 3. The Hall–Kier alpha value is -2.14. The molecule has 0 amide bonds. The van der Waals surface area contributed by atoms with Gasteiger partial charge in [-0.15, -0.1) is 0 Å². The summed E-state index contributed by atoms with van der Waals surface area (Å²) in [5.74, 6) is -0.396. The van der Waals surface area contributed by atoms with Crippen LogP contribution in [0.4, 0.5) is 0 Å². The number of allylic oxidation sites excluding steroid dienone is 8. The second-order valence-electron chi connectivity index (χ2n) is 18.8. The Kier molecular flexibility index (Phi) is 53.3. The first-order chi connectivity index (χ1) is 31.6. The topological polar surface area (TPSA) is 61.8 Å². The van der Waals surface area contributed by atoms with E-state index in [1.54, 1.807) is 0 Å². The molecule has 0 aromatic carbocycles. The van der Waals surface area contributed by atoms with Gasteiger partial charge in [0.05, 0.1) is 6.61 Å². The molecule has 0 fully saturated rings. The molecular formula is C59H108O5. The van der Waals surface area contributed by atoms with Gasteiger partial charge in [0, 0.05) is 19.4 Å². The van der Waals surface area contributed by atoms with E-state index in [2.05, 4.69) is 69.4 Å². The van der Waals surface area contributed by atoms with E-state index in [1.807, 2.05) is 0 Å². The molecule has 0 spiro atoms. The Morgan fingerprint density at radius 2 is 0.703 bits per heavy atom. The zero-order valence-corrected chi connectivity index (χ0v) is 43.1. The van der Waals surface area contributed by atoms with Crippen molar-refractivity contribution in [1.82, 2.24) is 0 Å². The van der Waals surface area contributed by atoms with Crippen LogP contribution in [-0.2, 0) is 23.8 Å². The molecule has 0 radical (unpaired) electrons.